The average molecular weight is 414 g/mol. The van der Waals surface area contributed by atoms with Gasteiger partial charge in [-0.25, -0.2) is 4.39 Å². The highest BCUT2D eigenvalue weighted by molar-refractivity contribution is 5.57. The van der Waals surface area contributed by atoms with Crippen molar-refractivity contribution in [3.63, 3.8) is 0 Å². The molecule has 0 amide bonds. The Kier molecular flexibility index (Phi) is 5.70. The molecule has 3 aliphatic rings. The van der Waals surface area contributed by atoms with Crippen molar-refractivity contribution in [1.29, 1.82) is 0 Å². The van der Waals surface area contributed by atoms with Gasteiger partial charge >= 0.3 is 6.18 Å². The molecule has 3 fully saturated rings. The van der Waals surface area contributed by atoms with Crippen molar-refractivity contribution in [2.45, 2.75) is 63.7 Å². The van der Waals surface area contributed by atoms with E-state index in [9.17, 15) is 17.6 Å². The maximum Gasteiger partial charge on any atom is 0.391 e. The highest BCUT2D eigenvalue weighted by Crippen LogP contribution is 2.49. The van der Waals surface area contributed by atoms with Crippen LogP contribution in [-0.4, -0.2) is 31.3 Å². The van der Waals surface area contributed by atoms with Crippen LogP contribution < -0.4 is 16.0 Å². The fourth-order valence-corrected chi connectivity index (χ4v) is 6.02. The lowest BCUT2D eigenvalue weighted by Crippen LogP contribution is -2.39. The Bertz CT molecular complexity index is 714. The molecule has 5 atom stereocenters. The molecule has 1 heterocycles. The molecule has 0 radical (unpaired) electrons. The minimum absolute atomic E-state index is 0.0662. The van der Waals surface area contributed by atoms with Crippen molar-refractivity contribution in [3.05, 3.63) is 24.0 Å². The molecule has 4 rings (SSSR count). The number of piperidine rings is 1. The zero-order valence-electron chi connectivity index (χ0n) is 16.9. The second kappa shape index (κ2) is 7.97. The van der Waals surface area contributed by atoms with Gasteiger partial charge in [-0.05, 0) is 68.1 Å². The normalized spacial score (nSPS) is 33.2. The molecule has 162 valence electrons. The van der Waals surface area contributed by atoms with Gasteiger partial charge in [0.15, 0.2) is 0 Å². The molecular formula is C22H31F4N3. The van der Waals surface area contributed by atoms with Gasteiger partial charge in [-0.1, -0.05) is 13.3 Å². The number of fused-ring (bicyclic) bond motifs is 1. The standard InChI is InChI=1S/C22H31F4N3/c1-2-17-18-11-15(9-13(18)10-20(17)27)28-21-4-3-16(12-19(21)23)29-7-5-14(6-8-29)22(24,25)26/h3-4,12-15,17-18,20,28H,2,5-11,27H2,1H3. The Morgan fingerprint density at radius 2 is 1.86 bits per heavy atom. The van der Waals surface area contributed by atoms with Crippen LogP contribution in [0.25, 0.3) is 0 Å². The van der Waals surface area contributed by atoms with Crippen LogP contribution in [-0.2, 0) is 0 Å². The second-order valence-electron chi connectivity index (χ2n) is 9.18. The maximum absolute atomic E-state index is 14.7. The lowest BCUT2D eigenvalue weighted by atomic mass is 9.89. The summed E-state index contributed by atoms with van der Waals surface area (Å²) in [7, 11) is 0. The Balaban J connectivity index is 1.35. The van der Waals surface area contributed by atoms with E-state index in [0.29, 0.717) is 48.3 Å². The van der Waals surface area contributed by atoms with E-state index in [1.165, 1.54) is 6.07 Å². The molecule has 1 aromatic rings. The maximum atomic E-state index is 14.7. The van der Waals surface area contributed by atoms with Gasteiger partial charge in [-0.3, -0.25) is 0 Å². The molecule has 7 heteroatoms. The van der Waals surface area contributed by atoms with Gasteiger partial charge in [-0.2, -0.15) is 13.2 Å². The van der Waals surface area contributed by atoms with Crippen LogP contribution >= 0.6 is 0 Å². The van der Waals surface area contributed by atoms with Gasteiger partial charge in [-0.15, -0.1) is 0 Å². The minimum Gasteiger partial charge on any atom is -0.380 e. The lowest BCUT2D eigenvalue weighted by Gasteiger charge is -2.34. The molecule has 5 unspecified atom stereocenters. The Hall–Kier alpha value is -1.50. The fourth-order valence-electron chi connectivity index (χ4n) is 6.02. The van der Waals surface area contributed by atoms with Crippen LogP contribution in [0, 0.1) is 29.5 Å². The predicted molar refractivity (Wildman–Crippen MR) is 107 cm³/mol. The van der Waals surface area contributed by atoms with Crippen LogP contribution in [0.2, 0.25) is 0 Å². The number of halogens is 4. The summed E-state index contributed by atoms with van der Waals surface area (Å²) in [6, 6.07) is 5.57. The number of hydrogen-bond acceptors (Lipinski definition) is 3. The fraction of sp³-hybridized carbons (Fsp3) is 0.727. The number of nitrogens with one attached hydrogen (secondary N) is 1. The summed E-state index contributed by atoms with van der Waals surface area (Å²) in [4.78, 5) is 1.85. The van der Waals surface area contributed by atoms with Crippen LogP contribution in [0.15, 0.2) is 18.2 Å². The van der Waals surface area contributed by atoms with E-state index in [4.69, 9.17) is 5.73 Å². The molecule has 2 aliphatic carbocycles. The largest absolute Gasteiger partial charge is 0.391 e. The molecule has 0 spiro atoms. The Morgan fingerprint density at radius 1 is 1.14 bits per heavy atom. The molecular weight excluding hydrogens is 382 g/mol. The van der Waals surface area contributed by atoms with E-state index in [2.05, 4.69) is 12.2 Å². The minimum atomic E-state index is -4.13. The van der Waals surface area contributed by atoms with Crippen molar-refractivity contribution in [2.75, 3.05) is 23.3 Å². The molecule has 1 aromatic carbocycles. The summed E-state index contributed by atoms with van der Waals surface area (Å²) < 4.78 is 53.3. The molecule has 3 N–H and O–H groups in total. The predicted octanol–water partition coefficient (Wildman–Crippen LogP) is 5.17. The SMILES string of the molecule is CCC1C(N)CC2CC(Nc3ccc(N4CCC(C(F)(F)F)CC4)cc3F)CC21. The third kappa shape index (κ3) is 4.21. The third-order valence-corrected chi connectivity index (χ3v) is 7.53. The highest BCUT2D eigenvalue weighted by Gasteiger charge is 2.46. The van der Waals surface area contributed by atoms with Crippen LogP contribution in [0.4, 0.5) is 28.9 Å². The molecule has 1 aliphatic heterocycles. The number of benzene rings is 1. The van der Waals surface area contributed by atoms with Gasteiger partial charge in [0, 0.05) is 30.9 Å². The number of rotatable bonds is 4. The van der Waals surface area contributed by atoms with Crippen molar-refractivity contribution in [2.24, 2.45) is 29.4 Å². The summed E-state index contributed by atoms with van der Waals surface area (Å²) in [5.41, 5.74) is 7.42. The summed E-state index contributed by atoms with van der Waals surface area (Å²) in [6.07, 6.45) is 0.225. The zero-order chi connectivity index (χ0) is 20.8. The number of alkyl halides is 3. The highest BCUT2D eigenvalue weighted by atomic mass is 19.4. The Morgan fingerprint density at radius 3 is 2.48 bits per heavy atom. The van der Waals surface area contributed by atoms with E-state index in [0.717, 1.165) is 25.7 Å². The van der Waals surface area contributed by atoms with E-state index in [-0.39, 0.29) is 24.7 Å². The van der Waals surface area contributed by atoms with Crippen LogP contribution in [0.1, 0.15) is 45.4 Å². The topological polar surface area (TPSA) is 41.3 Å². The van der Waals surface area contributed by atoms with Gasteiger partial charge in [0.05, 0.1) is 11.6 Å². The van der Waals surface area contributed by atoms with Crippen molar-refractivity contribution in [3.8, 4) is 0 Å². The van der Waals surface area contributed by atoms with E-state index >= 15 is 0 Å². The first-order valence-corrected chi connectivity index (χ1v) is 10.9. The smallest absolute Gasteiger partial charge is 0.380 e. The molecule has 2 saturated carbocycles. The molecule has 0 bridgehead atoms. The third-order valence-electron chi connectivity index (χ3n) is 7.53. The van der Waals surface area contributed by atoms with E-state index in [1.54, 1.807) is 6.07 Å². The first kappa shape index (κ1) is 20.8. The van der Waals surface area contributed by atoms with Gasteiger partial charge in [0.25, 0.3) is 0 Å². The average Bonchev–Trinajstić information content (AvgIpc) is 3.18. The summed E-state index contributed by atoms with van der Waals surface area (Å²) >= 11 is 0. The molecule has 1 saturated heterocycles. The van der Waals surface area contributed by atoms with Gasteiger partial charge in [0.2, 0.25) is 0 Å². The Labute approximate surface area is 170 Å². The van der Waals surface area contributed by atoms with E-state index in [1.807, 2.05) is 11.0 Å². The molecule has 0 aromatic heterocycles. The number of hydrogen-bond donors (Lipinski definition) is 2. The zero-order valence-corrected chi connectivity index (χ0v) is 16.9. The van der Waals surface area contributed by atoms with Crippen molar-refractivity contribution >= 4 is 11.4 Å². The lowest BCUT2D eigenvalue weighted by molar-refractivity contribution is -0.179. The molecule has 29 heavy (non-hydrogen) atoms. The summed E-state index contributed by atoms with van der Waals surface area (Å²) in [6.45, 7) is 2.81. The van der Waals surface area contributed by atoms with Crippen LogP contribution in [0.3, 0.4) is 0 Å². The quantitative estimate of drug-likeness (QED) is 0.670. The van der Waals surface area contributed by atoms with Gasteiger partial charge in [0.1, 0.15) is 5.82 Å². The summed E-state index contributed by atoms with van der Waals surface area (Å²) in [5.74, 6) is 0.251. The van der Waals surface area contributed by atoms with Gasteiger partial charge < -0.3 is 16.0 Å². The van der Waals surface area contributed by atoms with Crippen molar-refractivity contribution in [1.82, 2.24) is 0 Å². The first-order chi connectivity index (χ1) is 13.8. The first-order valence-electron chi connectivity index (χ1n) is 10.9. The van der Waals surface area contributed by atoms with Crippen LogP contribution in [0.5, 0.6) is 0 Å². The second-order valence-corrected chi connectivity index (χ2v) is 9.18. The van der Waals surface area contributed by atoms with E-state index < -0.39 is 12.1 Å². The number of nitrogens with two attached hydrogens (primary N) is 1. The monoisotopic (exact) mass is 413 g/mol. The molecule has 3 nitrogen and oxygen atoms in total. The summed E-state index contributed by atoms with van der Waals surface area (Å²) in [5, 5.41) is 3.37. The number of nitrogens with zero attached hydrogens (tertiary/aromatic N) is 1. The van der Waals surface area contributed by atoms with Crippen molar-refractivity contribution < 1.29 is 17.6 Å². The number of anilines is 2.